The number of nitrogens with zero attached hydrogens (tertiary/aromatic N) is 2. The van der Waals surface area contributed by atoms with Crippen LogP contribution in [0.5, 0.6) is 0 Å². The van der Waals surface area contributed by atoms with Gasteiger partial charge in [-0.3, -0.25) is 9.59 Å². The fraction of sp³-hybridized carbons (Fsp3) is 0.667. The lowest BCUT2D eigenvalue weighted by atomic mass is 9.92. The fourth-order valence-electron chi connectivity index (χ4n) is 2.53. The number of hydrogen-bond donors (Lipinski definition) is 1. The standard InChI is InChI=1S/C15H23N3O2S/c1-9(2)6-12-13(19)18(15(4,5)14(20)17-12)7-11-8-21-10(3)16-11/h8-9,12H,6-7H2,1-5H3,(H,17,20). The van der Waals surface area contributed by atoms with E-state index in [1.165, 1.54) is 0 Å². The highest BCUT2D eigenvalue weighted by Gasteiger charge is 2.46. The predicted octanol–water partition coefficient (Wildman–Crippen LogP) is 2.10. The lowest BCUT2D eigenvalue weighted by Crippen LogP contribution is -2.68. The third-order valence-electron chi connectivity index (χ3n) is 3.79. The summed E-state index contributed by atoms with van der Waals surface area (Å²) < 4.78 is 0. The van der Waals surface area contributed by atoms with Crippen LogP contribution >= 0.6 is 11.3 Å². The summed E-state index contributed by atoms with van der Waals surface area (Å²) in [5.41, 5.74) is -0.000782. The minimum atomic E-state index is -0.845. The molecule has 1 N–H and O–H groups in total. The van der Waals surface area contributed by atoms with Crippen LogP contribution in [0.4, 0.5) is 0 Å². The van der Waals surface area contributed by atoms with Gasteiger partial charge in [-0.05, 0) is 33.1 Å². The molecule has 5 nitrogen and oxygen atoms in total. The molecule has 1 unspecified atom stereocenters. The topological polar surface area (TPSA) is 62.3 Å². The van der Waals surface area contributed by atoms with Crippen LogP contribution in [0.2, 0.25) is 0 Å². The third-order valence-corrected chi connectivity index (χ3v) is 4.62. The molecular formula is C15H23N3O2S. The van der Waals surface area contributed by atoms with Crippen LogP contribution in [0.1, 0.15) is 44.8 Å². The molecule has 1 saturated heterocycles. The molecule has 6 heteroatoms. The summed E-state index contributed by atoms with van der Waals surface area (Å²) in [5.74, 6) is 0.238. The highest BCUT2D eigenvalue weighted by Crippen LogP contribution is 2.26. The minimum Gasteiger partial charge on any atom is -0.342 e. The average Bonchev–Trinajstić information content (AvgIpc) is 2.77. The van der Waals surface area contributed by atoms with E-state index in [2.05, 4.69) is 10.3 Å². The summed E-state index contributed by atoms with van der Waals surface area (Å²) in [5, 5.41) is 5.78. The lowest BCUT2D eigenvalue weighted by molar-refractivity contribution is -0.156. The van der Waals surface area contributed by atoms with Gasteiger partial charge in [-0.15, -0.1) is 11.3 Å². The average molecular weight is 309 g/mol. The summed E-state index contributed by atoms with van der Waals surface area (Å²) in [6.07, 6.45) is 0.660. The number of aryl methyl sites for hydroxylation is 1. The SMILES string of the molecule is Cc1nc(CN2C(=O)C(CC(C)C)NC(=O)C2(C)C)cs1. The normalized spacial score (nSPS) is 21.8. The van der Waals surface area contributed by atoms with Gasteiger partial charge in [0.25, 0.3) is 0 Å². The molecule has 1 aromatic heterocycles. The van der Waals surface area contributed by atoms with Crippen LogP contribution in [0.15, 0.2) is 5.38 Å². The number of nitrogens with one attached hydrogen (secondary N) is 1. The second kappa shape index (κ2) is 5.75. The number of amides is 2. The molecule has 21 heavy (non-hydrogen) atoms. The van der Waals surface area contributed by atoms with Crippen LogP contribution in [-0.4, -0.2) is 33.3 Å². The molecule has 1 aromatic rings. The summed E-state index contributed by atoms with van der Waals surface area (Å²) in [6, 6.07) is -0.426. The summed E-state index contributed by atoms with van der Waals surface area (Å²) in [7, 11) is 0. The van der Waals surface area contributed by atoms with Gasteiger partial charge in [0, 0.05) is 5.38 Å². The Kier molecular flexibility index (Phi) is 4.37. The van der Waals surface area contributed by atoms with Crippen molar-refractivity contribution in [3.05, 3.63) is 16.1 Å². The van der Waals surface area contributed by atoms with E-state index in [0.29, 0.717) is 18.9 Å². The number of carbonyl (C=O) groups excluding carboxylic acids is 2. The van der Waals surface area contributed by atoms with Crippen molar-refractivity contribution in [1.82, 2.24) is 15.2 Å². The molecule has 0 bridgehead atoms. The van der Waals surface area contributed by atoms with E-state index in [4.69, 9.17) is 0 Å². The Hall–Kier alpha value is -1.43. The van der Waals surface area contributed by atoms with Gasteiger partial charge in [-0.1, -0.05) is 13.8 Å². The van der Waals surface area contributed by atoms with Crippen LogP contribution in [0, 0.1) is 12.8 Å². The first-order chi connectivity index (χ1) is 9.71. The number of aromatic nitrogens is 1. The Morgan fingerprint density at radius 2 is 2.10 bits per heavy atom. The third kappa shape index (κ3) is 3.26. The quantitative estimate of drug-likeness (QED) is 0.926. The van der Waals surface area contributed by atoms with Crippen LogP contribution in [-0.2, 0) is 16.1 Å². The van der Waals surface area contributed by atoms with Gasteiger partial charge in [0.2, 0.25) is 11.8 Å². The molecule has 0 radical (unpaired) electrons. The molecule has 2 heterocycles. The van der Waals surface area contributed by atoms with E-state index in [1.807, 2.05) is 26.2 Å². The zero-order valence-electron chi connectivity index (χ0n) is 13.3. The first kappa shape index (κ1) is 15.9. The maximum atomic E-state index is 12.7. The summed E-state index contributed by atoms with van der Waals surface area (Å²) in [6.45, 7) is 9.99. The largest absolute Gasteiger partial charge is 0.342 e. The summed E-state index contributed by atoms with van der Waals surface area (Å²) >= 11 is 1.56. The van der Waals surface area contributed by atoms with E-state index in [9.17, 15) is 9.59 Å². The number of thiazole rings is 1. The molecule has 2 rings (SSSR count). The van der Waals surface area contributed by atoms with Gasteiger partial charge >= 0.3 is 0 Å². The van der Waals surface area contributed by atoms with Gasteiger partial charge in [-0.25, -0.2) is 4.98 Å². The van der Waals surface area contributed by atoms with Crippen molar-refractivity contribution < 1.29 is 9.59 Å². The highest BCUT2D eigenvalue weighted by molar-refractivity contribution is 7.09. The molecule has 0 aromatic carbocycles. The zero-order valence-corrected chi connectivity index (χ0v) is 14.1. The number of carbonyl (C=O) groups is 2. The maximum Gasteiger partial charge on any atom is 0.246 e. The second-order valence-corrected chi connectivity index (χ2v) is 7.56. The molecule has 1 fully saturated rings. The smallest absolute Gasteiger partial charge is 0.246 e. The Balaban J connectivity index is 2.24. The Labute approximate surface area is 129 Å². The number of piperazine rings is 1. The van der Waals surface area contributed by atoms with E-state index in [-0.39, 0.29) is 11.8 Å². The molecule has 1 atom stereocenters. The highest BCUT2D eigenvalue weighted by atomic mass is 32.1. The Morgan fingerprint density at radius 3 is 2.62 bits per heavy atom. The lowest BCUT2D eigenvalue weighted by Gasteiger charge is -2.44. The minimum absolute atomic E-state index is 0.0149. The maximum absolute atomic E-state index is 12.7. The number of rotatable bonds is 4. The van der Waals surface area contributed by atoms with Crippen molar-refractivity contribution in [2.45, 2.75) is 59.2 Å². The predicted molar refractivity (Wildman–Crippen MR) is 82.9 cm³/mol. The molecule has 0 spiro atoms. The summed E-state index contributed by atoms with van der Waals surface area (Å²) in [4.78, 5) is 31.1. The van der Waals surface area contributed by atoms with Crippen molar-refractivity contribution in [3.63, 3.8) is 0 Å². The van der Waals surface area contributed by atoms with E-state index in [1.54, 1.807) is 30.1 Å². The van der Waals surface area contributed by atoms with Crippen molar-refractivity contribution in [2.24, 2.45) is 5.92 Å². The zero-order chi connectivity index (χ0) is 15.8. The van der Waals surface area contributed by atoms with Crippen LogP contribution in [0.3, 0.4) is 0 Å². The molecule has 1 aliphatic rings. The molecular weight excluding hydrogens is 286 g/mol. The van der Waals surface area contributed by atoms with Crippen molar-refractivity contribution in [1.29, 1.82) is 0 Å². The number of hydrogen-bond acceptors (Lipinski definition) is 4. The van der Waals surface area contributed by atoms with Gasteiger partial charge in [0.1, 0.15) is 11.6 Å². The second-order valence-electron chi connectivity index (χ2n) is 6.50. The van der Waals surface area contributed by atoms with Crippen molar-refractivity contribution in [3.8, 4) is 0 Å². The molecule has 0 aliphatic carbocycles. The van der Waals surface area contributed by atoms with Gasteiger partial charge < -0.3 is 10.2 Å². The van der Waals surface area contributed by atoms with Crippen molar-refractivity contribution in [2.75, 3.05) is 0 Å². The molecule has 0 saturated carbocycles. The first-order valence-corrected chi connectivity index (χ1v) is 8.13. The van der Waals surface area contributed by atoms with Crippen molar-refractivity contribution >= 4 is 23.2 Å². The fourth-order valence-corrected chi connectivity index (χ4v) is 3.14. The van der Waals surface area contributed by atoms with E-state index >= 15 is 0 Å². The molecule has 116 valence electrons. The molecule has 2 amide bonds. The van der Waals surface area contributed by atoms with Crippen LogP contribution < -0.4 is 5.32 Å². The first-order valence-electron chi connectivity index (χ1n) is 7.25. The van der Waals surface area contributed by atoms with Crippen LogP contribution in [0.25, 0.3) is 0 Å². The monoisotopic (exact) mass is 309 g/mol. The Morgan fingerprint density at radius 1 is 1.43 bits per heavy atom. The van der Waals surface area contributed by atoms with E-state index < -0.39 is 11.6 Å². The van der Waals surface area contributed by atoms with Gasteiger partial charge in [0.15, 0.2) is 0 Å². The molecule has 1 aliphatic heterocycles. The van der Waals surface area contributed by atoms with Gasteiger partial charge in [-0.2, -0.15) is 0 Å². The Bertz CT molecular complexity index is 551. The van der Waals surface area contributed by atoms with Gasteiger partial charge in [0.05, 0.1) is 17.2 Å². The van der Waals surface area contributed by atoms with E-state index in [0.717, 1.165) is 10.7 Å².